The van der Waals surface area contributed by atoms with Gasteiger partial charge in [-0.3, -0.25) is 0 Å². The second kappa shape index (κ2) is 4.85. The molecule has 1 aliphatic rings. The minimum atomic E-state index is -0.611. The molecule has 1 N–H and O–H groups in total. The Labute approximate surface area is 96.0 Å². The van der Waals surface area contributed by atoms with Gasteiger partial charge in [0.05, 0.1) is 19.3 Å². The summed E-state index contributed by atoms with van der Waals surface area (Å²) in [4.78, 5) is 0. The third-order valence-corrected chi connectivity index (χ3v) is 3.12. The van der Waals surface area contributed by atoms with Gasteiger partial charge in [-0.05, 0) is 30.5 Å². The van der Waals surface area contributed by atoms with Crippen molar-refractivity contribution >= 4 is 0 Å². The summed E-state index contributed by atoms with van der Waals surface area (Å²) in [6, 6.07) is 7.98. The minimum absolute atomic E-state index is 0.475. The lowest BCUT2D eigenvalue weighted by Crippen LogP contribution is -2.29. The molecule has 0 amide bonds. The Morgan fingerprint density at radius 2 is 2.12 bits per heavy atom. The van der Waals surface area contributed by atoms with Gasteiger partial charge in [0, 0.05) is 13.0 Å². The molecule has 1 heterocycles. The molecule has 0 aliphatic carbocycles. The van der Waals surface area contributed by atoms with E-state index in [4.69, 9.17) is 9.47 Å². The summed E-state index contributed by atoms with van der Waals surface area (Å²) < 4.78 is 10.3. The van der Waals surface area contributed by atoms with Gasteiger partial charge in [0.2, 0.25) is 0 Å². The van der Waals surface area contributed by atoms with Crippen molar-refractivity contribution in [3.05, 3.63) is 29.8 Å². The van der Waals surface area contributed by atoms with Crippen molar-refractivity contribution in [2.75, 3.05) is 20.3 Å². The van der Waals surface area contributed by atoms with Gasteiger partial charge >= 0.3 is 0 Å². The van der Waals surface area contributed by atoms with E-state index in [0.717, 1.165) is 25.0 Å². The van der Waals surface area contributed by atoms with Gasteiger partial charge in [-0.1, -0.05) is 12.1 Å². The van der Waals surface area contributed by atoms with E-state index in [1.165, 1.54) is 5.56 Å². The van der Waals surface area contributed by atoms with Crippen LogP contribution in [0.1, 0.15) is 18.4 Å². The van der Waals surface area contributed by atoms with E-state index in [9.17, 15) is 5.11 Å². The summed E-state index contributed by atoms with van der Waals surface area (Å²) in [7, 11) is 1.66. The molecule has 3 nitrogen and oxygen atoms in total. The fraction of sp³-hybridized carbons (Fsp3) is 0.538. The predicted octanol–water partition coefficient (Wildman–Crippen LogP) is 1.78. The fourth-order valence-electron chi connectivity index (χ4n) is 1.96. The molecule has 88 valence electrons. The van der Waals surface area contributed by atoms with E-state index in [0.29, 0.717) is 13.2 Å². The summed E-state index contributed by atoms with van der Waals surface area (Å²) in [6.07, 6.45) is 2.40. The molecular formula is C13H18O3. The number of methoxy groups -OCH3 is 1. The van der Waals surface area contributed by atoms with Gasteiger partial charge in [-0.15, -0.1) is 0 Å². The van der Waals surface area contributed by atoms with Crippen molar-refractivity contribution in [3.63, 3.8) is 0 Å². The highest BCUT2D eigenvalue weighted by Gasteiger charge is 2.31. The lowest BCUT2D eigenvalue weighted by Gasteiger charge is -2.19. The number of aryl methyl sites for hydroxylation is 1. The number of aliphatic hydroxyl groups is 1. The first kappa shape index (κ1) is 11.4. The van der Waals surface area contributed by atoms with Gasteiger partial charge in [-0.2, -0.15) is 0 Å². The summed E-state index contributed by atoms with van der Waals surface area (Å²) in [5, 5.41) is 10.1. The third-order valence-electron chi connectivity index (χ3n) is 3.12. The van der Waals surface area contributed by atoms with Crippen molar-refractivity contribution in [3.8, 4) is 5.75 Å². The van der Waals surface area contributed by atoms with Crippen LogP contribution >= 0.6 is 0 Å². The fourth-order valence-corrected chi connectivity index (χ4v) is 1.96. The quantitative estimate of drug-likeness (QED) is 0.844. The average molecular weight is 222 g/mol. The molecular weight excluding hydrogens is 204 g/mol. The van der Waals surface area contributed by atoms with Crippen molar-refractivity contribution in [1.82, 2.24) is 0 Å². The van der Waals surface area contributed by atoms with E-state index in [2.05, 4.69) is 0 Å². The van der Waals surface area contributed by atoms with Crippen LogP contribution in [-0.4, -0.2) is 31.0 Å². The van der Waals surface area contributed by atoms with Gasteiger partial charge in [0.1, 0.15) is 5.75 Å². The zero-order valence-corrected chi connectivity index (χ0v) is 9.61. The van der Waals surface area contributed by atoms with Crippen LogP contribution in [0.4, 0.5) is 0 Å². The lowest BCUT2D eigenvalue weighted by atomic mass is 9.94. The first-order chi connectivity index (χ1) is 7.72. The van der Waals surface area contributed by atoms with Gasteiger partial charge in [0.15, 0.2) is 0 Å². The average Bonchev–Trinajstić information content (AvgIpc) is 2.75. The first-order valence-electron chi connectivity index (χ1n) is 5.65. The lowest BCUT2D eigenvalue weighted by molar-refractivity contribution is 0.0195. The molecule has 1 unspecified atom stereocenters. The maximum absolute atomic E-state index is 10.1. The van der Waals surface area contributed by atoms with Crippen molar-refractivity contribution in [2.45, 2.75) is 24.9 Å². The molecule has 0 radical (unpaired) electrons. The van der Waals surface area contributed by atoms with Crippen LogP contribution in [0.2, 0.25) is 0 Å². The molecule has 1 fully saturated rings. The van der Waals surface area contributed by atoms with Crippen LogP contribution in [0, 0.1) is 0 Å². The Kier molecular flexibility index (Phi) is 3.46. The molecule has 1 aliphatic heterocycles. The Bertz CT molecular complexity index is 326. The van der Waals surface area contributed by atoms with E-state index in [1.807, 2.05) is 24.3 Å². The third kappa shape index (κ3) is 2.74. The van der Waals surface area contributed by atoms with Crippen LogP contribution in [0.5, 0.6) is 5.75 Å². The monoisotopic (exact) mass is 222 g/mol. The topological polar surface area (TPSA) is 38.7 Å². The number of hydrogen-bond acceptors (Lipinski definition) is 3. The van der Waals surface area contributed by atoms with E-state index in [1.54, 1.807) is 7.11 Å². The number of benzene rings is 1. The molecule has 0 bridgehead atoms. The molecule has 0 saturated carbocycles. The summed E-state index contributed by atoms with van der Waals surface area (Å²) in [5.74, 6) is 0.867. The highest BCUT2D eigenvalue weighted by Crippen LogP contribution is 2.24. The normalized spacial score (nSPS) is 24.6. The Morgan fingerprint density at radius 3 is 2.69 bits per heavy atom. The smallest absolute Gasteiger partial charge is 0.118 e. The zero-order chi connectivity index (χ0) is 11.4. The maximum Gasteiger partial charge on any atom is 0.118 e. The summed E-state index contributed by atoms with van der Waals surface area (Å²) >= 11 is 0. The van der Waals surface area contributed by atoms with E-state index < -0.39 is 5.60 Å². The first-order valence-corrected chi connectivity index (χ1v) is 5.65. The second-order valence-corrected chi connectivity index (χ2v) is 4.38. The van der Waals surface area contributed by atoms with Crippen molar-refractivity contribution in [1.29, 1.82) is 0 Å². The Balaban J connectivity index is 1.89. The van der Waals surface area contributed by atoms with Crippen LogP contribution in [-0.2, 0) is 11.2 Å². The second-order valence-electron chi connectivity index (χ2n) is 4.38. The number of rotatable bonds is 4. The Morgan fingerprint density at radius 1 is 1.38 bits per heavy atom. The summed E-state index contributed by atoms with van der Waals surface area (Å²) in [5.41, 5.74) is 0.612. The van der Waals surface area contributed by atoms with E-state index >= 15 is 0 Å². The highest BCUT2D eigenvalue weighted by atomic mass is 16.5. The molecule has 1 aromatic carbocycles. The standard InChI is InChI=1S/C13H18O3/c1-15-12-4-2-11(3-5-12)6-7-13(14)8-9-16-10-13/h2-5,14H,6-10H2,1H3. The number of ether oxygens (including phenoxy) is 2. The van der Waals surface area contributed by atoms with Crippen LogP contribution in [0.25, 0.3) is 0 Å². The molecule has 3 heteroatoms. The molecule has 2 rings (SSSR count). The Hall–Kier alpha value is -1.06. The van der Waals surface area contributed by atoms with Gasteiger partial charge in [0.25, 0.3) is 0 Å². The molecule has 1 aromatic rings. The summed E-state index contributed by atoms with van der Waals surface area (Å²) in [6.45, 7) is 1.16. The highest BCUT2D eigenvalue weighted by molar-refractivity contribution is 5.27. The van der Waals surface area contributed by atoms with Gasteiger partial charge < -0.3 is 14.6 Å². The predicted molar refractivity (Wildman–Crippen MR) is 61.7 cm³/mol. The van der Waals surface area contributed by atoms with Crippen molar-refractivity contribution < 1.29 is 14.6 Å². The minimum Gasteiger partial charge on any atom is -0.497 e. The van der Waals surface area contributed by atoms with Crippen LogP contribution in [0.3, 0.4) is 0 Å². The largest absolute Gasteiger partial charge is 0.497 e. The van der Waals surface area contributed by atoms with Crippen LogP contribution in [0.15, 0.2) is 24.3 Å². The molecule has 0 spiro atoms. The van der Waals surface area contributed by atoms with Crippen molar-refractivity contribution in [2.24, 2.45) is 0 Å². The maximum atomic E-state index is 10.1. The molecule has 1 saturated heterocycles. The molecule has 0 aromatic heterocycles. The molecule has 16 heavy (non-hydrogen) atoms. The zero-order valence-electron chi connectivity index (χ0n) is 9.61. The van der Waals surface area contributed by atoms with Crippen LogP contribution < -0.4 is 4.74 Å². The molecule has 1 atom stereocenters. The number of hydrogen-bond donors (Lipinski definition) is 1. The van der Waals surface area contributed by atoms with Gasteiger partial charge in [-0.25, -0.2) is 0 Å². The SMILES string of the molecule is COc1ccc(CCC2(O)CCOC2)cc1. The van der Waals surface area contributed by atoms with E-state index in [-0.39, 0.29) is 0 Å².